The summed E-state index contributed by atoms with van der Waals surface area (Å²) in [5.74, 6) is -0.414. The highest BCUT2D eigenvalue weighted by Crippen LogP contribution is 2.13. The first-order chi connectivity index (χ1) is 9.38. The Balaban J connectivity index is 2.51. The van der Waals surface area contributed by atoms with Crippen molar-refractivity contribution >= 4 is 17.2 Å². The smallest absolute Gasteiger partial charge is 0.348 e. The van der Waals surface area contributed by atoms with Gasteiger partial charge >= 0.3 is 5.69 Å². The maximum Gasteiger partial charge on any atom is 0.348 e. The summed E-state index contributed by atoms with van der Waals surface area (Å²) < 4.78 is 14.8. The Kier molecular flexibility index (Phi) is 3.94. The van der Waals surface area contributed by atoms with Gasteiger partial charge in [0.25, 0.3) is 0 Å². The summed E-state index contributed by atoms with van der Waals surface area (Å²) in [6.45, 7) is 3.84. The van der Waals surface area contributed by atoms with Crippen molar-refractivity contribution in [1.82, 2.24) is 9.55 Å². The SMILES string of the molecule is Cc1cc(C)n(Cc2ccc(F)cc2C(N)=S)c(=O)n1. The topological polar surface area (TPSA) is 60.9 Å². The van der Waals surface area contributed by atoms with Crippen molar-refractivity contribution in [2.75, 3.05) is 0 Å². The summed E-state index contributed by atoms with van der Waals surface area (Å²) in [6.07, 6.45) is 0. The van der Waals surface area contributed by atoms with Crippen LogP contribution in [0.2, 0.25) is 0 Å². The summed E-state index contributed by atoms with van der Waals surface area (Å²) >= 11 is 4.92. The molecule has 20 heavy (non-hydrogen) atoms. The molecule has 0 aliphatic carbocycles. The second kappa shape index (κ2) is 5.50. The number of nitrogens with two attached hydrogens (primary N) is 1. The summed E-state index contributed by atoms with van der Waals surface area (Å²) in [6, 6.07) is 5.99. The van der Waals surface area contributed by atoms with E-state index in [1.807, 2.05) is 13.0 Å². The van der Waals surface area contributed by atoms with E-state index in [9.17, 15) is 9.18 Å². The lowest BCUT2D eigenvalue weighted by Gasteiger charge is -2.13. The molecule has 1 heterocycles. The zero-order valence-corrected chi connectivity index (χ0v) is 12.0. The van der Waals surface area contributed by atoms with Gasteiger partial charge in [0.05, 0.1) is 6.54 Å². The number of halogens is 1. The summed E-state index contributed by atoms with van der Waals surface area (Å²) in [5.41, 5.74) is 7.82. The van der Waals surface area contributed by atoms with Crippen molar-refractivity contribution in [2.24, 2.45) is 5.73 Å². The predicted octanol–water partition coefficient (Wildman–Crippen LogP) is 1.68. The molecule has 2 rings (SSSR count). The van der Waals surface area contributed by atoms with E-state index in [1.54, 1.807) is 13.0 Å². The van der Waals surface area contributed by atoms with Gasteiger partial charge in [-0.15, -0.1) is 0 Å². The Labute approximate surface area is 121 Å². The molecule has 0 bridgehead atoms. The molecule has 4 nitrogen and oxygen atoms in total. The van der Waals surface area contributed by atoms with Gasteiger partial charge in [0, 0.05) is 17.0 Å². The lowest BCUT2D eigenvalue weighted by atomic mass is 10.1. The third kappa shape index (κ3) is 2.91. The third-order valence-corrected chi connectivity index (χ3v) is 3.23. The minimum atomic E-state index is -0.414. The zero-order valence-electron chi connectivity index (χ0n) is 11.2. The van der Waals surface area contributed by atoms with Crippen LogP contribution in [0.15, 0.2) is 29.1 Å². The number of aryl methyl sites for hydroxylation is 2. The monoisotopic (exact) mass is 291 g/mol. The van der Waals surface area contributed by atoms with Crippen LogP contribution < -0.4 is 11.4 Å². The fraction of sp³-hybridized carbons (Fsp3) is 0.214. The average molecular weight is 291 g/mol. The fourth-order valence-electron chi connectivity index (χ4n) is 2.05. The van der Waals surface area contributed by atoms with E-state index in [2.05, 4.69) is 4.98 Å². The molecule has 0 radical (unpaired) electrons. The second-order valence-corrected chi connectivity index (χ2v) is 5.01. The molecule has 2 N–H and O–H groups in total. The van der Waals surface area contributed by atoms with Crippen molar-refractivity contribution in [3.05, 3.63) is 63.1 Å². The number of hydrogen-bond acceptors (Lipinski definition) is 3. The average Bonchev–Trinajstić information content (AvgIpc) is 2.34. The first-order valence-electron chi connectivity index (χ1n) is 6.02. The van der Waals surface area contributed by atoms with Gasteiger partial charge in [0.15, 0.2) is 0 Å². The van der Waals surface area contributed by atoms with Crippen molar-refractivity contribution in [3.8, 4) is 0 Å². The van der Waals surface area contributed by atoms with Crippen molar-refractivity contribution in [1.29, 1.82) is 0 Å². The Hall–Kier alpha value is -2.08. The van der Waals surface area contributed by atoms with Crippen molar-refractivity contribution in [2.45, 2.75) is 20.4 Å². The molecule has 104 valence electrons. The van der Waals surface area contributed by atoms with Crippen LogP contribution in [0.3, 0.4) is 0 Å². The van der Waals surface area contributed by atoms with Gasteiger partial charge in [-0.25, -0.2) is 9.18 Å². The highest BCUT2D eigenvalue weighted by molar-refractivity contribution is 7.80. The first-order valence-corrected chi connectivity index (χ1v) is 6.42. The standard InChI is InChI=1S/C14H14FN3OS/c1-8-5-9(2)18(14(19)17-8)7-10-3-4-11(15)6-12(10)13(16)20/h3-6H,7H2,1-2H3,(H2,16,20). The molecule has 6 heteroatoms. The second-order valence-electron chi connectivity index (χ2n) is 4.57. The van der Waals surface area contributed by atoms with Crippen LogP contribution in [-0.2, 0) is 6.54 Å². The Morgan fingerprint density at radius 3 is 2.70 bits per heavy atom. The number of hydrogen-bond donors (Lipinski definition) is 1. The lowest BCUT2D eigenvalue weighted by Crippen LogP contribution is -2.27. The normalized spacial score (nSPS) is 10.6. The van der Waals surface area contributed by atoms with Crippen molar-refractivity contribution in [3.63, 3.8) is 0 Å². The van der Waals surface area contributed by atoms with E-state index in [-0.39, 0.29) is 17.2 Å². The number of nitrogens with zero attached hydrogens (tertiary/aromatic N) is 2. The Bertz CT molecular complexity index is 740. The third-order valence-electron chi connectivity index (χ3n) is 3.01. The van der Waals surface area contributed by atoms with Crippen molar-refractivity contribution < 1.29 is 4.39 Å². The molecule has 0 aliphatic heterocycles. The van der Waals surface area contributed by atoms with E-state index >= 15 is 0 Å². The van der Waals surface area contributed by atoms with E-state index in [0.717, 1.165) is 5.69 Å². The number of aromatic nitrogens is 2. The minimum absolute atomic E-state index is 0.102. The molecule has 2 aromatic rings. The van der Waals surface area contributed by atoms with Crippen LogP contribution in [0.5, 0.6) is 0 Å². The van der Waals surface area contributed by atoms with E-state index < -0.39 is 5.82 Å². The summed E-state index contributed by atoms with van der Waals surface area (Å²) in [7, 11) is 0. The molecular formula is C14H14FN3OS. The van der Waals surface area contributed by atoms with Crippen LogP contribution in [0, 0.1) is 19.7 Å². The molecule has 0 unspecified atom stereocenters. The van der Waals surface area contributed by atoms with Gasteiger partial charge in [-0.3, -0.25) is 4.57 Å². The van der Waals surface area contributed by atoms with E-state index in [4.69, 9.17) is 18.0 Å². The Morgan fingerprint density at radius 2 is 2.10 bits per heavy atom. The number of thiocarbonyl (C=S) groups is 1. The molecule has 1 aromatic carbocycles. The summed E-state index contributed by atoms with van der Waals surface area (Å²) in [5, 5.41) is 0. The van der Waals surface area contributed by atoms with Crippen LogP contribution in [0.25, 0.3) is 0 Å². The number of benzene rings is 1. The largest absolute Gasteiger partial charge is 0.389 e. The van der Waals surface area contributed by atoms with Gasteiger partial charge in [0.2, 0.25) is 0 Å². The molecule has 1 aromatic heterocycles. The van der Waals surface area contributed by atoms with Crippen LogP contribution in [0.4, 0.5) is 4.39 Å². The maximum absolute atomic E-state index is 13.3. The Morgan fingerprint density at radius 1 is 1.40 bits per heavy atom. The van der Waals surface area contributed by atoms with E-state index in [0.29, 0.717) is 16.8 Å². The molecule has 0 saturated heterocycles. The van der Waals surface area contributed by atoms with Gasteiger partial charge in [-0.05, 0) is 37.6 Å². The van der Waals surface area contributed by atoms with E-state index in [1.165, 1.54) is 16.7 Å². The van der Waals surface area contributed by atoms with Gasteiger partial charge in [-0.2, -0.15) is 4.98 Å². The molecule has 0 fully saturated rings. The fourth-order valence-corrected chi connectivity index (χ4v) is 2.24. The van der Waals surface area contributed by atoms with Gasteiger partial charge in [-0.1, -0.05) is 18.3 Å². The minimum Gasteiger partial charge on any atom is -0.389 e. The van der Waals surface area contributed by atoms with Gasteiger partial charge in [0.1, 0.15) is 10.8 Å². The molecule has 0 spiro atoms. The molecule has 0 saturated carbocycles. The summed E-state index contributed by atoms with van der Waals surface area (Å²) in [4.78, 5) is 15.9. The quantitative estimate of drug-likeness (QED) is 0.874. The number of rotatable bonds is 3. The molecule has 0 amide bonds. The molecular weight excluding hydrogens is 277 g/mol. The highest BCUT2D eigenvalue weighted by Gasteiger charge is 2.10. The molecule has 0 atom stereocenters. The maximum atomic E-state index is 13.3. The molecule has 0 aliphatic rings. The van der Waals surface area contributed by atoms with Crippen LogP contribution >= 0.6 is 12.2 Å². The first kappa shape index (κ1) is 14.3. The van der Waals surface area contributed by atoms with Gasteiger partial charge < -0.3 is 5.73 Å². The highest BCUT2D eigenvalue weighted by atomic mass is 32.1. The lowest BCUT2D eigenvalue weighted by molar-refractivity contribution is 0.624. The predicted molar refractivity (Wildman–Crippen MR) is 79.4 cm³/mol. The zero-order chi connectivity index (χ0) is 14.9. The van der Waals surface area contributed by atoms with Crippen LogP contribution in [0.1, 0.15) is 22.5 Å². The van der Waals surface area contributed by atoms with Crippen LogP contribution in [-0.4, -0.2) is 14.5 Å².